The van der Waals surface area contributed by atoms with E-state index in [1.54, 1.807) is 24.3 Å². The smallest absolute Gasteiger partial charge is 0.255 e. The second-order valence-electron chi connectivity index (χ2n) is 6.73. The van der Waals surface area contributed by atoms with Gasteiger partial charge in [-0.3, -0.25) is 9.59 Å². The molecule has 0 spiro atoms. The summed E-state index contributed by atoms with van der Waals surface area (Å²) in [6.45, 7) is 1.50. The lowest BCUT2D eigenvalue weighted by atomic mass is 10.1. The lowest BCUT2D eigenvalue weighted by Crippen LogP contribution is -2.11. The molecule has 1 amide bonds. The Labute approximate surface area is 168 Å². The molecule has 0 unspecified atom stereocenters. The SMILES string of the molecule is CNc1ccc2nc(-c3ccc(NC(=O)c4ccc(C(C)=O)cc4)cc3)[nH]c2c1. The number of nitrogens with zero attached hydrogens (tertiary/aromatic N) is 1. The van der Waals surface area contributed by atoms with E-state index in [2.05, 4.69) is 20.6 Å². The fourth-order valence-corrected chi connectivity index (χ4v) is 3.07. The molecule has 0 radical (unpaired) electrons. The molecule has 6 heteroatoms. The average molecular weight is 384 g/mol. The molecular formula is C23H20N4O2. The molecule has 0 saturated heterocycles. The van der Waals surface area contributed by atoms with E-state index in [-0.39, 0.29) is 11.7 Å². The Hall–Kier alpha value is -3.93. The molecule has 3 N–H and O–H groups in total. The molecule has 0 aliphatic rings. The van der Waals surface area contributed by atoms with Gasteiger partial charge in [-0.15, -0.1) is 0 Å². The van der Waals surface area contributed by atoms with Crippen LogP contribution in [0, 0.1) is 0 Å². The summed E-state index contributed by atoms with van der Waals surface area (Å²) >= 11 is 0. The molecule has 0 bridgehead atoms. The van der Waals surface area contributed by atoms with Crippen LogP contribution in [-0.2, 0) is 0 Å². The number of carbonyl (C=O) groups excluding carboxylic acids is 2. The van der Waals surface area contributed by atoms with Crippen LogP contribution in [-0.4, -0.2) is 28.7 Å². The van der Waals surface area contributed by atoms with Gasteiger partial charge in [-0.05, 0) is 61.5 Å². The molecule has 4 aromatic rings. The first-order chi connectivity index (χ1) is 14.0. The number of imidazole rings is 1. The van der Waals surface area contributed by atoms with Crippen molar-refractivity contribution in [2.45, 2.75) is 6.92 Å². The number of hydrogen-bond donors (Lipinski definition) is 3. The van der Waals surface area contributed by atoms with Crippen LogP contribution in [0.5, 0.6) is 0 Å². The summed E-state index contributed by atoms with van der Waals surface area (Å²) in [6, 6.07) is 20.0. The quantitative estimate of drug-likeness (QED) is 0.434. The number of amides is 1. The van der Waals surface area contributed by atoms with Gasteiger partial charge in [0.25, 0.3) is 5.91 Å². The average Bonchev–Trinajstić information content (AvgIpc) is 3.17. The van der Waals surface area contributed by atoms with Crippen molar-refractivity contribution < 1.29 is 9.59 Å². The third-order valence-corrected chi connectivity index (χ3v) is 4.74. The van der Waals surface area contributed by atoms with E-state index in [9.17, 15) is 9.59 Å². The number of benzene rings is 3. The van der Waals surface area contributed by atoms with E-state index in [0.29, 0.717) is 16.8 Å². The van der Waals surface area contributed by atoms with Gasteiger partial charge < -0.3 is 15.6 Å². The number of H-pyrrole nitrogens is 1. The van der Waals surface area contributed by atoms with Crippen LogP contribution in [0.2, 0.25) is 0 Å². The number of nitrogens with one attached hydrogen (secondary N) is 3. The Bertz CT molecular complexity index is 1190. The summed E-state index contributed by atoms with van der Waals surface area (Å²) in [6.07, 6.45) is 0. The lowest BCUT2D eigenvalue weighted by molar-refractivity contribution is 0.101. The highest BCUT2D eigenvalue weighted by molar-refractivity contribution is 6.05. The van der Waals surface area contributed by atoms with Crippen molar-refractivity contribution in [3.8, 4) is 11.4 Å². The van der Waals surface area contributed by atoms with Gasteiger partial charge in [0.15, 0.2) is 5.78 Å². The van der Waals surface area contributed by atoms with Crippen LogP contribution in [0.15, 0.2) is 66.7 Å². The molecule has 4 rings (SSSR count). The van der Waals surface area contributed by atoms with Crippen LogP contribution < -0.4 is 10.6 Å². The molecule has 144 valence electrons. The summed E-state index contributed by atoms with van der Waals surface area (Å²) in [5, 5.41) is 5.98. The number of ketones is 1. The van der Waals surface area contributed by atoms with Crippen molar-refractivity contribution in [2.24, 2.45) is 0 Å². The standard InChI is InChI=1S/C23H20N4O2/c1-14(28)15-3-5-17(6-4-15)23(29)25-18-9-7-16(8-10-18)22-26-20-12-11-19(24-2)13-21(20)27-22/h3-13,24H,1-2H3,(H,25,29)(H,26,27). The zero-order chi connectivity index (χ0) is 20.4. The number of anilines is 2. The van der Waals surface area contributed by atoms with Gasteiger partial charge in [0.05, 0.1) is 11.0 Å². The first-order valence-corrected chi connectivity index (χ1v) is 9.24. The second-order valence-corrected chi connectivity index (χ2v) is 6.73. The number of aromatic amines is 1. The van der Waals surface area contributed by atoms with Crippen molar-refractivity contribution in [3.05, 3.63) is 77.9 Å². The number of aromatic nitrogens is 2. The summed E-state index contributed by atoms with van der Waals surface area (Å²) < 4.78 is 0. The van der Waals surface area contributed by atoms with Gasteiger partial charge >= 0.3 is 0 Å². The minimum absolute atomic E-state index is 0.0275. The van der Waals surface area contributed by atoms with E-state index in [0.717, 1.165) is 28.1 Å². The molecule has 1 heterocycles. The van der Waals surface area contributed by atoms with E-state index in [1.807, 2.05) is 49.5 Å². The lowest BCUT2D eigenvalue weighted by Gasteiger charge is -2.06. The summed E-state index contributed by atoms with van der Waals surface area (Å²) in [4.78, 5) is 31.7. The molecule has 29 heavy (non-hydrogen) atoms. The monoisotopic (exact) mass is 384 g/mol. The highest BCUT2D eigenvalue weighted by Gasteiger charge is 2.09. The zero-order valence-electron chi connectivity index (χ0n) is 16.1. The number of fused-ring (bicyclic) bond motifs is 1. The third-order valence-electron chi connectivity index (χ3n) is 4.74. The Balaban J connectivity index is 1.50. The van der Waals surface area contributed by atoms with Crippen LogP contribution in [0.3, 0.4) is 0 Å². The van der Waals surface area contributed by atoms with Gasteiger partial charge in [-0.1, -0.05) is 12.1 Å². The molecule has 0 fully saturated rings. The molecule has 6 nitrogen and oxygen atoms in total. The van der Waals surface area contributed by atoms with E-state index in [1.165, 1.54) is 6.92 Å². The largest absolute Gasteiger partial charge is 0.388 e. The van der Waals surface area contributed by atoms with E-state index < -0.39 is 0 Å². The van der Waals surface area contributed by atoms with Gasteiger partial charge in [-0.2, -0.15) is 0 Å². The molecule has 0 saturated carbocycles. The van der Waals surface area contributed by atoms with Crippen LogP contribution >= 0.6 is 0 Å². The highest BCUT2D eigenvalue weighted by atomic mass is 16.1. The van der Waals surface area contributed by atoms with Crippen LogP contribution in [0.1, 0.15) is 27.6 Å². The maximum absolute atomic E-state index is 12.4. The summed E-state index contributed by atoms with van der Waals surface area (Å²) in [7, 11) is 1.88. The molecule has 0 aliphatic carbocycles. The Kier molecular flexibility index (Phi) is 4.83. The van der Waals surface area contributed by atoms with Gasteiger partial charge in [0.2, 0.25) is 0 Å². The minimum atomic E-state index is -0.226. The molecule has 0 aliphatic heterocycles. The predicted octanol–water partition coefficient (Wildman–Crippen LogP) is 4.73. The third kappa shape index (κ3) is 3.87. The van der Waals surface area contributed by atoms with Gasteiger partial charge in [-0.25, -0.2) is 4.98 Å². The summed E-state index contributed by atoms with van der Waals surface area (Å²) in [5.41, 5.74) is 5.56. The number of carbonyl (C=O) groups is 2. The van der Waals surface area contributed by atoms with Crippen LogP contribution in [0.25, 0.3) is 22.4 Å². The van der Waals surface area contributed by atoms with Crippen molar-refractivity contribution in [3.63, 3.8) is 0 Å². The van der Waals surface area contributed by atoms with Crippen molar-refractivity contribution in [1.29, 1.82) is 0 Å². The van der Waals surface area contributed by atoms with Gasteiger partial charge in [0, 0.05) is 35.1 Å². The topological polar surface area (TPSA) is 86.9 Å². The first kappa shape index (κ1) is 18.4. The number of hydrogen-bond acceptors (Lipinski definition) is 4. The Morgan fingerprint density at radius 2 is 1.52 bits per heavy atom. The van der Waals surface area contributed by atoms with Gasteiger partial charge in [0.1, 0.15) is 5.82 Å². The maximum atomic E-state index is 12.4. The maximum Gasteiger partial charge on any atom is 0.255 e. The fraction of sp³-hybridized carbons (Fsp3) is 0.0870. The Morgan fingerprint density at radius 3 is 2.17 bits per heavy atom. The number of rotatable bonds is 5. The summed E-state index contributed by atoms with van der Waals surface area (Å²) in [5.74, 6) is 0.516. The Morgan fingerprint density at radius 1 is 0.862 bits per heavy atom. The minimum Gasteiger partial charge on any atom is -0.388 e. The first-order valence-electron chi connectivity index (χ1n) is 9.24. The highest BCUT2D eigenvalue weighted by Crippen LogP contribution is 2.24. The van der Waals surface area contributed by atoms with E-state index >= 15 is 0 Å². The van der Waals surface area contributed by atoms with Crippen molar-refractivity contribution >= 4 is 34.1 Å². The molecule has 1 aromatic heterocycles. The predicted molar refractivity (Wildman–Crippen MR) is 115 cm³/mol. The van der Waals surface area contributed by atoms with Crippen LogP contribution in [0.4, 0.5) is 11.4 Å². The fourth-order valence-electron chi connectivity index (χ4n) is 3.07. The van der Waals surface area contributed by atoms with Crippen molar-refractivity contribution in [2.75, 3.05) is 17.7 Å². The molecule has 3 aromatic carbocycles. The van der Waals surface area contributed by atoms with E-state index in [4.69, 9.17) is 0 Å². The zero-order valence-corrected chi connectivity index (χ0v) is 16.1. The second kappa shape index (κ2) is 7.59. The molecular weight excluding hydrogens is 364 g/mol. The number of Topliss-reactive ketones (excluding diaryl/α,β-unsaturated/α-hetero) is 1. The normalized spacial score (nSPS) is 10.7. The van der Waals surface area contributed by atoms with Crippen molar-refractivity contribution in [1.82, 2.24) is 9.97 Å². The molecule has 0 atom stereocenters.